The maximum atomic E-state index is 13.0. The average Bonchev–Trinajstić information content (AvgIpc) is 2.97. The van der Waals surface area contributed by atoms with E-state index in [0.717, 1.165) is 12.1 Å². The lowest BCUT2D eigenvalue weighted by Crippen LogP contribution is -2.30. The van der Waals surface area contributed by atoms with Crippen LogP contribution in [0.2, 0.25) is 0 Å². The van der Waals surface area contributed by atoms with E-state index in [9.17, 15) is 23.2 Å². The number of carbonyl (C=O) groups is 3. The standard InChI is InChI=1S/C15H15F2NO4/c16-11-2-1-9(7-12(11)17)13(19)3-4-14(20)18-6-5-10(8-18)15(21)22/h1-2,7,10H,3-6,8H2,(H,21,22). The van der Waals surface area contributed by atoms with Crippen molar-refractivity contribution in [2.75, 3.05) is 13.1 Å². The summed E-state index contributed by atoms with van der Waals surface area (Å²) in [6.45, 7) is 0.503. The Bertz CT molecular complexity index is 618. The van der Waals surface area contributed by atoms with Crippen LogP contribution in [-0.4, -0.2) is 40.8 Å². The van der Waals surface area contributed by atoms with Gasteiger partial charge in [-0.15, -0.1) is 0 Å². The number of Topliss-reactive ketones (excluding diaryl/α,β-unsaturated/α-hetero) is 1. The maximum Gasteiger partial charge on any atom is 0.308 e. The van der Waals surface area contributed by atoms with Crippen LogP contribution in [-0.2, 0) is 9.59 Å². The summed E-state index contributed by atoms with van der Waals surface area (Å²) < 4.78 is 25.8. The van der Waals surface area contributed by atoms with Gasteiger partial charge < -0.3 is 10.0 Å². The Morgan fingerprint density at radius 2 is 1.91 bits per heavy atom. The third kappa shape index (κ3) is 3.66. The summed E-state index contributed by atoms with van der Waals surface area (Å²) in [5.41, 5.74) is 0.0107. The maximum absolute atomic E-state index is 13.0. The molecule has 0 spiro atoms. The van der Waals surface area contributed by atoms with Crippen molar-refractivity contribution in [3.05, 3.63) is 35.4 Å². The second-order valence-electron chi connectivity index (χ2n) is 5.22. The van der Waals surface area contributed by atoms with Gasteiger partial charge in [0, 0.05) is 31.5 Å². The second-order valence-corrected chi connectivity index (χ2v) is 5.22. The fraction of sp³-hybridized carbons (Fsp3) is 0.400. The zero-order chi connectivity index (χ0) is 16.3. The molecule has 1 unspecified atom stereocenters. The largest absolute Gasteiger partial charge is 0.481 e. The number of hydrogen-bond acceptors (Lipinski definition) is 3. The number of ketones is 1. The quantitative estimate of drug-likeness (QED) is 0.842. The molecule has 22 heavy (non-hydrogen) atoms. The van der Waals surface area contributed by atoms with Crippen molar-refractivity contribution in [3.8, 4) is 0 Å². The lowest BCUT2D eigenvalue weighted by molar-refractivity contribution is -0.141. The van der Waals surface area contributed by atoms with E-state index >= 15 is 0 Å². The smallest absolute Gasteiger partial charge is 0.308 e. The highest BCUT2D eigenvalue weighted by Crippen LogP contribution is 2.18. The third-order valence-corrected chi connectivity index (χ3v) is 3.70. The molecule has 1 heterocycles. The van der Waals surface area contributed by atoms with Crippen molar-refractivity contribution >= 4 is 17.7 Å². The number of carboxylic acid groups (broad SMARTS) is 1. The molecule has 0 aliphatic carbocycles. The molecule has 2 rings (SSSR count). The number of amides is 1. The second kappa shape index (κ2) is 6.64. The number of hydrogen-bond donors (Lipinski definition) is 1. The van der Waals surface area contributed by atoms with E-state index in [-0.39, 0.29) is 30.9 Å². The lowest BCUT2D eigenvalue weighted by atomic mass is 10.1. The molecule has 7 heteroatoms. The Balaban J connectivity index is 1.87. The molecule has 0 saturated carbocycles. The molecule has 0 bridgehead atoms. The van der Waals surface area contributed by atoms with Crippen LogP contribution >= 0.6 is 0 Å². The third-order valence-electron chi connectivity index (χ3n) is 3.70. The van der Waals surface area contributed by atoms with E-state index in [1.165, 1.54) is 11.0 Å². The molecule has 1 aromatic rings. The molecule has 0 radical (unpaired) electrons. The number of carboxylic acids is 1. The van der Waals surface area contributed by atoms with Crippen molar-refractivity contribution < 1.29 is 28.3 Å². The number of rotatable bonds is 5. The minimum absolute atomic E-state index is 0.0107. The highest BCUT2D eigenvalue weighted by Gasteiger charge is 2.30. The van der Waals surface area contributed by atoms with Gasteiger partial charge in [0.15, 0.2) is 17.4 Å². The SMILES string of the molecule is O=C(CCC(=O)N1CCC(C(=O)O)C1)c1ccc(F)c(F)c1. The van der Waals surface area contributed by atoms with E-state index in [2.05, 4.69) is 0 Å². The van der Waals surface area contributed by atoms with Gasteiger partial charge in [-0.05, 0) is 24.6 Å². The summed E-state index contributed by atoms with van der Waals surface area (Å²) >= 11 is 0. The van der Waals surface area contributed by atoms with Crippen molar-refractivity contribution in [1.82, 2.24) is 4.90 Å². The predicted octanol–water partition coefficient (Wildman–Crippen LogP) is 1.86. The Hall–Kier alpha value is -2.31. The fourth-order valence-electron chi connectivity index (χ4n) is 2.38. The van der Waals surface area contributed by atoms with Gasteiger partial charge in [-0.25, -0.2) is 8.78 Å². The highest BCUT2D eigenvalue weighted by molar-refractivity contribution is 5.98. The number of carbonyl (C=O) groups excluding carboxylic acids is 2. The summed E-state index contributed by atoms with van der Waals surface area (Å²) in [4.78, 5) is 36.0. The Kier molecular flexibility index (Phi) is 4.85. The number of halogens is 2. The van der Waals surface area contributed by atoms with E-state index in [1.807, 2.05) is 0 Å². The minimum atomic E-state index is -1.11. The Labute approximate surface area is 125 Å². The van der Waals surface area contributed by atoms with E-state index in [0.29, 0.717) is 13.0 Å². The van der Waals surface area contributed by atoms with Crippen molar-refractivity contribution in [1.29, 1.82) is 0 Å². The zero-order valence-electron chi connectivity index (χ0n) is 11.7. The molecular weight excluding hydrogens is 296 g/mol. The van der Waals surface area contributed by atoms with Crippen molar-refractivity contribution in [3.63, 3.8) is 0 Å². The van der Waals surface area contributed by atoms with Gasteiger partial charge in [0.1, 0.15) is 0 Å². The first kappa shape index (κ1) is 16.1. The molecule has 1 amide bonds. The summed E-state index contributed by atoms with van der Waals surface area (Å²) in [6, 6.07) is 2.84. The van der Waals surface area contributed by atoms with Gasteiger partial charge in [-0.3, -0.25) is 14.4 Å². The summed E-state index contributed by atoms with van der Waals surface area (Å²) in [5, 5.41) is 8.87. The predicted molar refractivity (Wildman–Crippen MR) is 72.2 cm³/mol. The van der Waals surface area contributed by atoms with Crippen LogP contribution in [0.4, 0.5) is 8.78 Å². The van der Waals surface area contributed by atoms with Gasteiger partial charge in [0.05, 0.1) is 5.92 Å². The van der Waals surface area contributed by atoms with E-state index < -0.39 is 29.3 Å². The summed E-state index contributed by atoms with van der Waals surface area (Å²) in [6.07, 6.45) is 0.195. The average molecular weight is 311 g/mol. The molecule has 1 aromatic carbocycles. The number of likely N-dealkylation sites (tertiary alicyclic amines) is 1. The fourth-order valence-corrected chi connectivity index (χ4v) is 2.38. The van der Waals surface area contributed by atoms with Crippen LogP contribution in [0.25, 0.3) is 0 Å². The Morgan fingerprint density at radius 1 is 1.18 bits per heavy atom. The van der Waals surface area contributed by atoms with Crippen LogP contribution in [0.5, 0.6) is 0 Å². The number of benzene rings is 1. The van der Waals surface area contributed by atoms with Crippen LogP contribution in [0.15, 0.2) is 18.2 Å². The van der Waals surface area contributed by atoms with Crippen LogP contribution in [0.3, 0.4) is 0 Å². The molecule has 1 saturated heterocycles. The molecule has 1 atom stereocenters. The van der Waals surface area contributed by atoms with Crippen LogP contribution in [0, 0.1) is 17.6 Å². The summed E-state index contributed by atoms with van der Waals surface area (Å²) in [5.74, 6) is -4.41. The normalized spacial score (nSPS) is 17.5. The van der Waals surface area contributed by atoms with Gasteiger partial charge >= 0.3 is 5.97 Å². The molecule has 118 valence electrons. The first-order valence-electron chi connectivity index (χ1n) is 6.87. The van der Waals surface area contributed by atoms with Gasteiger partial charge in [-0.2, -0.15) is 0 Å². The van der Waals surface area contributed by atoms with E-state index in [4.69, 9.17) is 5.11 Å². The molecule has 1 aliphatic heterocycles. The van der Waals surface area contributed by atoms with E-state index in [1.54, 1.807) is 0 Å². The monoisotopic (exact) mass is 311 g/mol. The molecule has 0 aromatic heterocycles. The lowest BCUT2D eigenvalue weighted by Gasteiger charge is -2.15. The summed E-state index contributed by atoms with van der Waals surface area (Å²) in [7, 11) is 0. The van der Waals surface area contributed by atoms with Crippen molar-refractivity contribution in [2.24, 2.45) is 5.92 Å². The van der Waals surface area contributed by atoms with Gasteiger partial charge in [0.25, 0.3) is 0 Å². The number of nitrogens with zero attached hydrogens (tertiary/aromatic N) is 1. The Morgan fingerprint density at radius 3 is 2.50 bits per heavy atom. The molecule has 1 N–H and O–H groups in total. The molecule has 5 nitrogen and oxygen atoms in total. The van der Waals surface area contributed by atoms with Crippen LogP contribution < -0.4 is 0 Å². The van der Waals surface area contributed by atoms with Crippen LogP contribution in [0.1, 0.15) is 29.6 Å². The topological polar surface area (TPSA) is 74.7 Å². The van der Waals surface area contributed by atoms with Crippen molar-refractivity contribution in [2.45, 2.75) is 19.3 Å². The zero-order valence-corrected chi connectivity index (χ0v) is 11.7. The van der Waals surface area contributed by atoms with Gasteiger partial charge in [0.2, 0.25) is 5.91 Å². The molecule has 1 fully saturated rings. The highest BCUT2D eigenvalue weighted by atomic mass is 19.2. The van der Waals surface area contributed by atoms with Gasteiger partial charge in [-0.1, -0.05) is 0 Å². The molecule has 1 aliphatic rings. The minimum Gasteiger partial charge on any atom is -0.481 e. The molecular formula is C15H15F2NO4. The first-order chi connectivity index (χ1) is 10.4. The first-order valence-corrected chi connectivity index (χ1v) is 6.87. The number of aliphatic carboxylic acids is 1.